The van der Waals surface area contributed by atoms with E-state index in [1.807, 2.05) is 7.05 Å². The Hall–Kier alpha value is -0.130. The Kier molecular flexibility index (Phi) is 4.34. The number of sulfonamides is 1. The number of nitrogens with zero attached hydrogens (tertiary/aromatic N) is 1. The van der Waals surface area contributed by atoms with Crippen LogP contribution in [-0.2, 0) is 10.0 Å². The van der Waals surface area contributed by atoms with Crippen molar-refractivity contribution in [1.29, 1.82) is 0 Å². The van der Waals surface area contributed by atoms with Crippen molar-refractivity contribution in [1.82, 2.24) is 9.62 Å². The Morgan fingerprint density at radius 3 is 2.61 bits per heavy atom. The van der Waals surface area contributed by atoms with Gasteiger partial charge in [-0.05, 0) is 50.5 Å². The molecule has 106 valence electrons. The highest BCUT2D eigenvalue weighted by Crippen LogP contribution is 2.42. The number of piperidine rings is 1. The molecule has 1 aliphatic heterocycles. The van der Waals surface area contributed by atoms with E-state index in [4.69, 9.17) is 0 Å². The van der Waals surface area contributed by atoms with E-state index in [0.717, 1.165) is 31.2 Å². The predicted molar refractivity (Wildman–Crippen MR) is 73.9 cm³/mol. The van der Waals surface area contributed by atoms with E-state index in [9.17, 15) is 8.42 Å². The minimum absolute atomic E-state index is 0.527. The molecule has 1 saturated heterocycles. The second-order valence-electron chi connectivity index (χ2n) is 6.14. The maximum absolute atomic E-state index is 11.6. The standard InChI is InChI=1S/C13H26N2O2S/c1-10-7-12(10)13(14-2)8-11-5-4-6-15(9-11)18(3,16)17/h10-14H,4-9H2,1-3H3. The van der Waals surface area contributed by atoms with Crippen LogP contribution in [0.5, 0.6) is 0 Å². The summed E-state index contributed by atoms with van der Waals surface area (Å²) in [5.41, 5.74) is 0. The van der Waals surface area contributed by atoms with Gasteiger partial charge in [0.25, 0.3) is 0 Å². The van der Waals surface area contributed by atoms with E-state index < -0.39 is 10.0 Å². The van der Waals surface area contributed by atoms with Crippen molar-refractivity contribution >= 4 is 10.0 Å². The van der Waals surface area contributed by atoms with Gasteiger partial charge in [-0.1, -0.05) is 6.92 Å². The Bertz CT molecular complexity index is 382. The second kappa shape index (κ2) is 5.47. The van der Waals surface area contributed by atoms with Crippen molar-refractivity contribution in [3.63, 3.8) is 0 Å². The third kappa shape index (κ3) is 3.45. The molecule has 18 heavy (non-hydrogen) atoms. The van der Waals surface area contributed by atoms with Gasteiger partial charge in [0.05, 0.1) is 6.26 Å². The molecule has 2 rings (SSSR count). The lowest BCUT2D eigenvalue weighted by Crippen LogP contribution is -2.42. The molecular weight excluding hydrogens is 248 g/mol. The molecule has 1 aliphatic carbocycles. The van der Waals surface area contributed by atoms with Crippen molar-refractivity contribution in [3.8, 4) is 0 Å². The van der Waals surface area contributed by atoms with Gasteiger partial charge in [-0.2, -0.15) is 0 Å². The highest BCUT2D eigenvalue weighted by Gasteiger charge is 2.40. The number of rotatable bonds is 5. The molecule has 0 radical (unpaired) electrons. The molecule has 1 heterocycles. The van der Waals surface area contributed by atoms with Gasteiger partial charge in [0.2, 0.25) is 10.0 Å². The van der Waals surface area contributed by atoms with Crippen molar-refractivity contribution < 1.29 is 8.42 Å². The molecule has 0 bridgehead atoms. The van der Waals surface area contributed by atoms with Crippen LogP contribution >= 0.6 is 0 Å². The normalized spacial score (nSPS) is 35.4. The first kappa shape index (κ1) is 14.3. The highest BCUT2D eigenvalue weighted by molar-refractivity contribution is 7.88. The van der Waals surface area contributed by atoms with Crippen molar-refractivity contribution in [2.24, 2.45) is 17.8 Å². The van der Waals surface area contributed by atoms with Crippen LogP contribution in [0.15, 0.2) is 0 Å². The summed E-state index contributed by atoms with van der Waals surface area (Å²) >= 11 is 0. The molecule has 0 aromatic rings. The molecule has 5 heteroatoms. The summed E-state index contributed by atoms with van der Waals surface area (Å²) in [6.45, 7) is 3.73. The summed E-state index contributed by atoms with van der Waals surface area (Å²) in [6, 6.07) is 0.574. The van der Waals surface area contributed by atoms with Gasteiger partial charge in [-0.15, -0.1) is 0 Å². The SMILES string of the molecule is CNC(CC1CCCN(S(C)(=O)=O)C1)C1CC1C. The van der Waals surface area contributed by atoms with Crippen molar-refractivity contribution in [2.75, 3.05) is 26.4 Å². The van der Waals surface area contributed by atoms with Gasteiger partial charge in [-0.25, -0.2) is 12.7 Å². The molecule has 4 unspecified atom stereocenters. The molecule has 0 amide bonds. The lowest BCUT2D eigenvalue weighted by atomic mass is 9.90. The van der Waals surface area contributed by atoms with Crippen LogP contribution in [0, 0.1) is 17.8 Å². The van der Waals surface area contributed by atoms with Crippen molar-refractivity contribution in [2.45, 2.75) is 38.6 Å². The first-order valence-corrected chi connectivity index (χ1v) is 8.89. The molecule has 0 spiro atoms. The molecule has 0 aromatic heterocycles. The quantitative estimate of drug-likeness (QED) is 0.822. The van der Waals surface area contributed by atoms with Crippen LogP contribution < -0.4 is 5.32 Å². The van der Waals surface area contributed by atoms with E-state index in [1.54, 1.807) is 4.31 Å². The highest BCUT2D eigenvalue weighted by atomic mass is 32.2. The van der Waals surface area contributed by atoms with E-state index in [-0.39, 0.29) is 0 Å². The molecule has 4 nitrogen and oxygen atoms in total. The fourth-order valence-electron chi connectivity index (χ4n) is 3.30. The average molecular weight is 274 g/mol. The zero-order valence-electron chi connectivity index (χ0n) is 11.7. The predicted octanol–water partition coefficient (Wildman–Crippen LogP) is 1.29. The fourth-order valence-corrected chi connectivity index (χ4v) is 4.24. The summed E-state index contributed by atoms with van der Waals surface area (Å²) in [5, 5.41) is 3.43. The minimum Gasteiger partial charge on any atom is -0.317 e. The molecule has 0 aromatic carbocycles. The Balaban J connectivity index is 1.89. The maximum Gasteiger partial charge on any atom is 0.211 e. The summed E-state index contributed by atoms with van der Waals surface area (Å²) in [5.74, 6) is 2.18. The molecule has 2 fully saturated rings. The lowest BCUT2D eigenvalue weighted by Gasteiger charge is -2.33. The van der Waals surface area contributed by atoms with Crippen LogP contribution in [-0.4, -0.2) is 45.2 Å². The third-order valence-electron chi connectivity index (χ3n) is 4.60. The molecule has 1 N–H and O–H groups in total. The number of hydrogen-bond acceptors (Lipinski definition) is 3. The Labute approximate surface area is 111 Å². The van der Waals surface area contributed by atoms with Crippen LogP contribution in [0.1, 0.15) is 32.6 Å². The van der Waals surface area contributed by atoms with Crippen LogP contribution in [0.3, 0.4) is 0 Å². The minimum atomic E-state index is -3.00. The maximum atomic E-state index is 11.6. The van der Waals surface area contributed by atoms with Crippen LogP contribution in [0.4, 0.5) is 0 Å². The van der Waals surface area contributed by atoms with Gasteiger partial charge in [0.1, 0.15) is 0 Å². The van der Waals surface area contributed by atoms with Gasteiger partial charge in [0.15, 0.2) is 0 Å². The zero-order valence-corrected chi connectivity index (χ0v) is 12.5. The Morgan fingerprint density at radius 2 is 2.11 bits per heavy atom. The summed E-state index contributed by atoms with van der Waals surface area (Å²) in [7, 11) is -0.969. The second-order valence-corrected chi connectivity index (χ2v) is 8.12. The van der Waals surface area contributed by atoms with Crippen LogP contribution in [0.2, 0.25) is 0 Å². The van der Waals surface area contributed by atoms with Gasteiger partial charge < -0.3 is 5.32 Å². The van der Waals surface area contributed by atoms with Crippen LogP contribution in [0.25, 0.3) is 0 Å². The number of nitrogens with one attached hydrogen (secondary N) is 1. The van der Waals surface area contributed by atoms with E-state index >= 15 is 0 Å². The van der Waals surface area contributed by atoms with E-state index in [2.05, 4.69) is 12.2 Å². The summed E-state index contributed by atoms with van der Waals surface area (Å²) in [4.78, 5) is 0. The topological polar surface area (TPSA) is 49.4 Å². The monoisotopic (exact) mass is 274 g/mol. The van der Waals surface area contributed by atoms with E-state index in [0.29, 0.717) is 18.5 Å². The fraction of sp³-hybridized carbons (Fsp3) is 1.00. The zero-order chi connectivity index (χ0) is 13.3. The molecule has 2 aliphatic rings. The summed E-state index contributed by atoms with van der Waals surface area (Å²) in [6.07, 6.45) is 5.96. The first-order chi connectivity index (χ1) is 8.41. The van der Waals surface area contributed by atoms with E-state index in [1.165, 1.54) is 19.1 Å². The Morgan fingerprint density at radius 1 is 1.44 bits per heavy atom. The smallest absolute Gasteiger partial charge is 0.211 e. The van der Waals surface area contributed by atoms with Gasteiger partial charge in [-0.3, -0.25) is 0 Å². The molecular formula is C13H26N2O2S. The molecule has 1 saturated carbocycles. The first-order valence-electron chi connectivity index (χ1n) is 7.04. The molecule has 4 atom stereocenters. The third-order valence-corrected chi connectivity index (χ3v) is 5.87. The number of hydrogen-bond donors (Lipinski definition) is 1. The van der Waals surface area contributed by atoms with Crippen molar-refractivity contribution in [3.05, 3.63) is 0 Å². The lowest BCUT2D eigenvalue weighted by molar-refractivity contribution is 0.232. The average Bonchev–Trinajstić information content (AvgIpc) is 3.02. The summed E-state index contributed by atoms with van der Waals surface area (Å²) < 4.78 is 24.8. The van der Waals surface area contributed by atoms with Gasteiger partial charge in [0, 0.05) is 19.1 Å². The van der Waals surface area contributed by atoms with Gasteiger partial charge >= 0.3 is 0 Å². The largest absolute Gasteiger partial charge is 0.317 e.